The minimum absolute atomic E-state index is 0.106. The first-order valence-corrected chi connectivity index (χ1v) is 12.9. The van der Waals surface area contributed by atoms with Crippen molar-refractivity contribution in [3.05, 3.63) is 72.9 Å². The maximum Gasteiger partial charge on any atom is 0.268 e. The second-order valence-corrected chi connectivity index (χ2v) is 10.5. The molecule has 1 amide bonds. The molecule has 1 aliphatic rings. The van der Waals surface area contributed by atoms with Gasteiger partial charge >= 0.3 is 0 Å². The van der Waals surface area contributed by atoms with Crippen LogP contribution < -0.4 is 0 Å². The second kappa shape index (κ2) is 9.27. The van der Waals surface area contributed by atoms with Crippen LogP contribution in [0.25, 0.3) is 22.0 Å². The largest absolute Gasteiger partial charge is 0.340 e. The van der Waals surface area contributed by atoms with Gasteiger partial charge in [0.15, 0.2) is 0 Å². The highest BCUT2D eigenvalue weighted by molar-refractivity contribution is 7.90. The van der Waals surface area contributed by atoms with E-state index in [2.05, 4.69) is 10.00 Å². The predicted molar refractivity (Wildman–Crippen MR) is 131 cm³/mol. The van der Waals surface area contributed by atoms with Crippen molar-refractivity contribution in [1.29, 1.82) is 0 Å². The number of carbonyl (C=O) groups is 1. The molecule has 1 aliphatic heterocycles. The fourth-order valence-electron chi connectivity index (χ4n) is 4.46. The number of piperazine rings is 1. The Hall–Kier alpha value is -3.50. The summed E-state index contributed by atoms with van der Waals surface area (Å²) in [7, 11) is -3.91. The van der Waals surface area contributed by atoms with E-state index in [9.17, 15) is 17.6 Å². The smallest absolute Gasteiger partial charge is 0.268 e. The predicted octanol–water partition coefficient (Wildman–Crippen LogP) is 3.05. The molecule has 8 nitrogen and oxygen atoms in total. The van der Waals surface area contributed by atoms with Gasteiger partial charge in [-0.15, -0.1) is 0 Å². The summed E-state index contributed by atoms with van der Waals surface area (Å²) >= 11 is 0. The Morgan fingerprint density at radius 2 is 1.74 bits per heavy atom. The summed E-state index contributed by atoms with van der Waals surface area (Å²) < 4.78 is 43.8. The summed E-state index contributed by atoms with van der Waals surface area (Å²) in [5.74, 6) is -0.401. The number of halogens is 1. The van der Waals surface area contributed by atoms with Gasteiger partial charge in [-0.05, 0) is 30.3 Å². The van der Waals surface area contributed by atoms with Gasteiger partial charge < -0.3 is 4.90 Å². The summed E-state index contributed by atoms with van der Waals surface area (Å²) in [5.41, 5.74) is 1.70. The number of hydrogen-bond donors (Lipinski definition) is 0. The summed E-state index contributed by atoms with van der Waals surface area (Å²) in [5, 5.41) is 5.10. The first-order chi connectivity index (χ1) is 16.8. The molecule has 0 N–H and O–H groups in total. The molecule has 3 heterocycles. The van der Waals surface area contributed by atoms with E-state index in [-0.39, 0.29) is 16.3 Å². The molecular weight excluding hydrogens is 469 g/mol. The third-order valence-electron chi connectivity index (χ3n) is 6.44. The molecule has 0 spiro atoms. The van der Waals surface area contributed by atoms with Gasteiger partial charge in [0, 0.05) is 68.6 Å². The van der Waals surface area contributed by atoms with Gasteiger partial charge in [0.25, 0.3) is 10.0 Å². The molecule has 0 saturated carbocycles. The fourth-order valence-corrected chi connectivity index (χ4v) is 5.84. The Morgan fingerprint density at radius 3 is 2.46 bits per heavy atom. The van der Waals surface area contributed by atoms with Gasteiger partial charge in [-0.25, -0.2) is 16.8 Å². The zero-order chi connectivity index (χ0) is 24.6. The van der Waals surface area contributed by atoms with Crippen molar-refractivity contribution in [1.82, 2.24) is 23.6 Å². The van der Waals surface area contributed by atoms with Crippen LogP contribution in [-0.2, 0) is 21.4 Å². The molecule has 0 radical (unpaired) electrons. The number of amides is 1. The number of hydrogen-bond acceptors (Lipinski definition) is 5. The zero-order valence-electron chi connectivity index (χ0n) is 19.3. The minimum Gasteiger partial charge on any atom is -0.340 e. The summed E-state index contributed by atoms with van der Waals surface area (Å²) in [6, 6.07) is 12.3. The monoisotopic (exact) mass is 495 g/mol. The lowest BCUT2D eigenvalue weighted by atomic mass is 10.1. The highest BCUT2D eigenvalue weighted by Crippen LogP contribution is 2.33. The van der Waals surface area contributed by atoms with Crippen LogP contribution in [0, 0.1) is 5.82 Å². The van der Waals surface area contributed by atoms with Crippen LogP contribution in [0.4, 0.5) is 4.39 Å². The van der Waals surface area contributed by atoms with Crippen molar-refractivity contribution in [2.24, 2.45) is 0 Å². The quantitative estimate of drug-likeness (QED) is 0.411. The standard InChI is InChI=1S/C25H26FN5O3S/c1-19(32)29-12-9-28(10-13-29)11-14-30-17-20(16-27-30)24-18-31(25-15-21(26)7-8-23(24)25)35(33,34)22-5-3-2-4-6-22/h2-8,15-18H,9-14H2,1H3. The molecule has 2 aromatic heterocycles. The lowest BCUT2D eigenvalue weighted by Gasteiger charge is -2.34. The van der Waals surface area contributed by atoms with Gasteiger partial charge in [-0.2, -0.15) is 5.10 Å². The molecular formula is C25H26FN5O3S. The number of rotatable bonds is 6. The maximum atomic E-state index is 14.1. The third-order valence-corrected chi connectivity index (χ3v) is 8.13. The Labute approximate surface area is 203 Å². The molecule has 0 bridgehead atoms. The van der Waals surface area contributed by atoms with Gasteiger partial charge in [0.1, 0.15) is 5.82 Å². The van der Waals surface area contributed by atoms with Crippen molar-refractivity contribution in [2.45, 2.75) is 18.4 Å². The summed E-state index contributed by atoms with van der Waals surface area (Å²) in [6.45, 7) is 6.15. The van der Waals surface area contributed by atoms with E-state index < -0.39 is 15.8 Å². The van der Waals surface area contributed by atoms with E-state index in [1.807, 2.05) is 15.8 Å². The van der Waals surface area contributed by atoms with Crippen LogP contribution in [0.5, 0.6) is 0 Å². The Bertz CT molecular complexity index is 1470. The molecule has 10 heteroatoms. The van der Waals surface area contributed by atoms with Gasteiger partial charge in [0.05, 0.1) is 23.2 Å². The normalized spacial score (nSPS) is 15.1. The average Bonchev–Trinajstić information content (AvgIpc) is 3.48. The lowest BCUT2D eigenvalue weighted by molar-refractivity contribution is -0.130. The van der Waals surface area contributed by atoms with Crippen LogP contribution in [0.15, 0.2) is 72.0 Å². The van der Waals surface area contributed by atoms with Crippen molar-refractivity contribution in [3.8, 4) is 11.1 Å². The lowest BCUT2D eigenvalue weighted by Crippen LogP contribution is -2.48. The molecule has 0 aliphatic carbocycles. The van der Waals surface area contributed by atoms with Crippen LogP contribution in [0.2, 0.25) is 0 Å². The van der Waals surface area contributed by atoms with E-state index in [0.717, 1.165) is 42.3 Å². The molecule has 35 heavy (non-hydrogen) atoms. The van der Waals surface area contributed by atoms with Crippen molar-refractivity contribution < 1.29 is 17.6 Å². The number of fused-ring (bicyclic) bond motifs is 1. The van der Waals surface area contributed by atoms with Gasteiger partial charge in [-0.3, -0.25) is 14.4 Å². The van der Waals surface area contributed by atoms with Crippen molar-refractivity contribution >= 4 is 26.8 Å². The van der Waals surface area contributed by atoms with E-state index in [1.165, 1.54) is 30.5 Å². The first kappa shape index (κ1) is 23.3. The van der Waals surface area contributed by atoms with Crippen LogP contribution >= 0.6 is 0 Å². The number of aromatic nitrogens is 3. The molecule has 0 unspecified atom stereocenters. The third kappa shape index (κ3) is 4.59. The average molecular weight is 496 g/mol. The molecule has 0 atom stereocenters. The molecule has 182 valence electrons. The first-order valence-electron chi connectivity index (χ1n) is 11.4. The van der Waals surface area contributed by atoms with Crippen LogP contribution in [0.3, 0.4) is 0 Å². The van der Waals surface area contributed by atoms with Gasteiger partial charge in [0.2, 0.25) is 5.91 Å². The number of carbonyl (C=O) groups excluding carboxylic acids is 1. The van der Waals surface area contributed by atoms with Crippen LogP contribution in [0.1, 0.15) is 6.92 Å². The molecule has 4 aromatic rings. The number of nitrogens with zero attached hydrogens (tertiary/aromatic N) is 5. The van der Waals surface area contributed by atoms with Crippen LogP contribution in [-0.4, -0.2) is 70.6 Å². The fraction of sp³-hybridized carbons (Fsp3) is 0.280. The number of benzene rings is 2. The molecule has 2 aromatic carbocycles. The Balaban J connectivity index is 1.41. The highest BCUT2D eigenvalue weighted by Gasteiger charge is 2.23. The summed E-state index contributed by atoms with van der Waals surface area (Å²) in [4.78, 5) is 15.8. The van der Waals surface area contributed by atoms with Crippen molar-refractivity contribution in [2.75, 3.05) is 32.7 Å². The maximum absolute atomic E-state index is 14.1. The van der Waals surface area contributed by atoms with Crippen molar-refractivity contribution in [3.63, 3.8) is 0 Å². The van der Waals surface area contributed by atoms with E-state index in [4.69, 9.17) is 0 Å². The van der Waals surface area contributed by atoms with E-state index in [0.29, 0.717) is 17.5 Å². The Kier molecular flexibility index (Phi) is 6.16. The van der Waals surface area contributed by atoms with Gasteiger partial charge in [-0.1, -0.05) is 18.2 Å². The van der Waals surface area contributed by atoms with E-state index >= 15 is 0 Å². The Morgan fingerprint density at radius 1 is 1.00 bits per heavy atom. The van der Waals surface area contributed by atoms with E-state index in [1.54, 1.807) is 37.4 Å². The molecule has 5 rings (SSSR count). The molecule has 1 fully saturated rings. The topological polar surface area (TPSA) is 80.4 Å². The second-order valence-electron chi connectivity index (χ2n) is 8.66. The summed E-state index contributed by atoms with van der Waals surface area (Å²) in [6.07, 6.45) is 5.11. The molecule has 1 saturated heterocycles. The SMILES string of the molecule is CC(=O)N1CCN(CCn2cc(-c3cn(S(=O)(=O)c4ccccc4)c4cc(F)ccc34)cn2)CC1. The zero-order valence-corrected chi connectivity index (χ0v) is 20.2. The highest BCUT2D eigenvalue weighted by atomic mass is 32.2. The minimum atomic E-state index is -3.91.